The van der Waals surface area contributed by atoms with Crippen LogP contribution in [0, 0.1) is 6.92 Å². The van der Waals surface area contributed by atoms with Crippen LogP contribution in [0.3, 0.4) is 0 Å². The molecular formula is C15H17BrN4O2. The zero-order valence-corrected chi connectivity index (χ0v) is 14.0. The van der Waals surface area contributed by atoms with Crippen molar-refractivity contribution in [2.45, 2.75) is 26.3 Å². The summed E-state index contributed by atoms with van der Waals surface area (Å²) in [6.45, 7) is 4.87. The molecule has 1 aliphatic heterocycles. The second kappa shape index (κ2) is 5.72. The molecule has 1 fully saturated rings. The van der Waals surface area contributed by atoms with E-state index < -0.39 is 0 Å². The van der Waals surface area contributed by atoms with Crippen molar-refractivity contribution in [2.75, 3.05) is 18.0 Å². The molecule has 2 aromatic rings. The van der Waals surface area contributed by atoms with Crippen LogP contribution in [0.4, 0.5) is 5.69 Å². The summed E-state index contributed by atoms with van der Waals surface area (Å²) in [5.74, 6) is 0.588. The predicted molar refractivity (Wildman–Crippen MR) is 89.2 cm³/mol. The number of H-pyrrole nitrogens is 1. The number of nitrogens with one attached hydrogen (secondary N) is 2. The van der Waals surface area contributed by atoms with Crippen molar-refractivity contribution >= 4 is 38.4 Å². The molecule has 0 bridgehead atoms. The Kier molecular flexibility index (Phi) is 3.90. The van der Waals surface area contributed by atoms with Crippen LogP contribution in [-0.2, 0) is 4.79 Å². The summed E-state index contributed by atoms with van der Waals surface area (Å²) in [6.07, 6.45) is 0.895. The number of aryl methyl sites for hydroxylation is 1. The molecule has 1 saturated heterocycles. The number of carbonyl (C=O) groups is 1. The third-order valence-electron chi connectivity index (χ3n) is 3.83. The fourth-order valence-electron chi connectivity index (χ4n) is 2.89. The normalized spacial score (nSPS) is 18.0. The van der Waals surface area contributed by atoms with E-state index in [9.17, 15) is 9.59 Å². The van der Waals surface area contributed by atoms with Gasteiger partial charge in [-0.15, -0.1) is 0 Å². The third kappa shape index (κ3) is 2.85. The first-order valence-corrected chi connectivity index (χ1v) is 7.95. The minimum Gasteiger partial charge on any atom is -0.368 e. The van der Waals surface area contributed by atoms with E-state index in [1.54, 1.807) is 6.92 Å². The van der Waals surface area contributed by atoms with Crippen LogP contribution in [0.25, 0.3) is 10.9 Å². The maximum Gasteiger partial charge on any atom is 0.258 e. The molecule has 6 nitrogen and oxygen atoms in total. The number of fused-ring (bicyclic) bond motifs is 1. The minimum atomic E-state index is -0.131. The minimum absolute atomic E-state index is 0.0134. The van der Waals surface area contributed by atoms with E-state index in [2.05, 4.69) is 36.1 Å². The van der Waals surface area contributed by atoms with Gasteiger partial charge in [0.25, 0.3) is 5.56 Å². The van der Waals surface area contributed by atoms with Crippen LogP contribution in [0.1, 0.15) is 19.2 Å². The number of benzene rings is 1. The number of anilines is 1. The number of nitrogens with zero attached hydrogens (tertiary/aromatic N) is 2. The summed E-state index contributed by atoms with van der Waals surface area (Å²) in [4.78, 5) is 32.5. The molecule has 0 radical (unpaired) electrons. The van der Waals surface area contributed by atoms with Crippen molar-refractivity contribution in [1.82, 2.24) is 15.3 Å². The largest absolute Gasteiger partial charge is 0.368 e. The third-order valence-corrected chi connectivity index (χ3v) is 4.46. The van der Waals surface area contributed by atoms with Crippen molar-refractivity contribution in [1.29, 1.82) is 0 Å². The fraction of sp³-hybridized carbons (Fsp3) is 0.400. The molecule has 0 spiro atoms. The predicted octanol–water partition coefficient (Wildman–Crippen LogP) is 1.71. The van der Waals surface area contributed by atoms with Crippen LogP contribution in [-0.4, -0.2) is 35.0 Å². The van der Waals surface area contributed by atoms with Gasteiger partial charge >= 0.3 is 0 Å². The summed E-state index contributed by atoms with van der Waals surface area (Å²) in [6, 6.07) is 3.88. The maximum absolute atomic E-state index is 12.1. The molecule has 0 aliphatic carbocycles. The lowest BCUT2D eigenvalue weighted by Crippen LogP contribution is -2.35. The number of aromatic nitrogens is 2. The summed E-state index contributed by atoms with van der Waals surface area (Å²) < 4.78 is 0.904. The van der Waals surface area contributed by atoms with Gasteiger partial charge in [0.15, 0.2) is 0 Å². The number of halogens is 1. The van der Waals surface area contributed by atoms with E-state index in [1.165, 1.54) is 6.92 Å². The zero-order valence-electron chi connectivity index (χ0n) is 12.4. The van der Waals surface area contributed by atoms with Crippen molar-refractivity contribution in [2.24, 2.45) is 0 Å². The summed E-state index contributed by atoms with van der Waals surface area (Å²) in [5.41, 5.74) is 1.50. The Morgan fingerprint density at radius 3 is 3.00 bits per heavy atom. The molecule has 0 saturated carbocycles. The van der Waals surface area contributed by atoms with E-state index >= 15 is 0 Å². The number of carbonyl (C=O) groups excluding carboxylic acids is 1. The van der Waals surface area contributed by atoms with E-state index in [4.69, 9.17) is 0 Å². The molecule has 1 aromatic heterocycles. The van der Waals surface area contributed by atoms with Crippen LogP contribution in [0.2, 0.25) is 0 Å². The molecule has 0 unspecified atom stereocenters. The highest BCUT2D eigenvalue weighted by Crippen LogP contribution is 2.31. The SMILES string of the molecule is CC(=O)N[C@H]1CCN(c2cc3c(=O)[nH]c(C)nc3cc2Br)C1. The Hall–Kier alpha value is -1.89. The first-order valence-electron chi connectivity index (χ1n) is 7.16. The van der Waals surface area contributed by atoms with Crippen molar-refractivity contribution < 1.29 is 4.79 Å². The molecule has 1 amide bonds. The van der Waals surface area contributed by atoms with Gasteiger partial charge in [0.2, 0.25) is 5.91 Å². The first kappa shape index (κ1) is 15.0. The van der Waals surface area contributed by atoms with Crippen LogP contribution >= 0.6 is 15.9 Å². The van der Waals surface area contributed by atoms with E-state index in [1.807, 2.05) is 12.1 Å². The van der Waals surface area contributed by atoms with Crippen molar-refractivity contribution in [3.63, 3.8) is 0 Å². The van der Waals surface area contributed by atoms with Crippen molar-refractivity contribution in [3.05, 3.63) is 32.8 Å². The van der Waals surface area contributed by atoms with Gasteiger partial charge in [-0.25, -0.2) is 4.98 Å². The lowest BCUT2D eigenvalue weighted by atomic mass is 10.2. The molecule has 1 aliphatic rings. The molecule has 2 heterocycles. The number of hydrogen-bond donors (Lipinski definition) is 2. The van der Waals surface area contributed by atoms with Gasteiger partial charge in [-0.3, -0.25) is 9.59 Å². The van der Waals surface area contributed by atoms with E-state index in [0.717, 1.165) is 29.7 Å². The molecular weight excluding hydrogens is 348 g/mol. The lowest BCUT2D eigenvalue weighted by Gasteiger charge is -2.21. The standard InChI is InChI=1S/C15H17BrN4O2/c1-8-17-13-6-12(16)14(5-11(13)15(22)18-8)20-4-3-10(7-20)19-9(2)21/h5-6,10H,3-4,7H2,1-2H3,(H,19,21)(H,17,18,22)/t10-/m0/s1. The van der Waals surface area contributed by atoms with Gasteiger partial charge in [-0.2, -0.15) is 0 Å². The maximum atomic E-state index is 12.1. The highest BCUT2D eigenvalue weighted by atomic mass is 79.9. The Labute approximate surface area is 136 Å². The monoisotopic (exact) mass is 364 g/mol. The highest BCUT2D eigenvalue weighted by molar-refractivity contribution is 9.10. The van der Waals surface area contributed by atoms with Gasteiger partial charge in [0.1, 0.15) is 5.82 Å². The van der Waals surface area contributed by atoms with E-state index in [0.29, 0.717) is 16.7 Å². The summed E-state index contributed by atoms with van der Waals surface area (Å²) in [7, 11) is 0. The average Bonchev–Trinajstić information content (AvgIpc) is 2.85. The molecule has 3 rings (SSSR count). The van der Waals surface area contributed by atoms with Crippen LogP contribution < -0.4 is 15.8 Å². The number of rotatable bonds is 2. The van der Waals surface area contributed by atoms with Gasteiger partial charge in [-0.05, 0) is 41.4 Å². The van der Waals surface area contributed by atoms with E-state index in [-0.39, 0.29) is 17.5 Å². The molecule has 22 heavy (non-hydrogen) atoms. The second-order valence-electron chi connectivity index (χ2n) is 5.60. The average molecular weight is 365 g/mol. The number of aromatic amines is 1. The highest BCUT2D eigenvalue weighted by Gasteiger charge is 2.25. The smallest absolute Gasteiger partial charge is 0.258 e. The fourth-order valence-corrected chi connectivity index (χ4v) is 3.47. The lowest BCUT2D eigenvalue weighted by molar-refractivity contribution is -0.119. The Balaban J connectivity index is 1.96. The van der Waals surface area contributed by atoms with Crippen LogP contribution in [0.15, 0.2) is 21.4 Å². The Morgan fingerprint density at radius 2 is 2.27 bits per heavy atom. The van der Waals surface area contributed by atoms with Gasteiger partial charge in [-0.1, -0.05) is 0 Å². The van der Waals surface area contributed by atoms with Gasteiger partial charge in [0.05, 0.1) is 16.6 Å². The topological polar surface area (TPSA) is 78.1 Å². The zero-order chi connectivity index (χ0) is 15.9. The Bertz CT molecular complexity index is 802. The van der Waals surface area contributed by atoms with Crippen LogP contribution in [0.5, 0.6) is 0 Å². The van der Waals surface area contributed by atoms with Crippen molar-refractivity contribution in [3.8, 4) is 0 Å². The molecule has 1 atom stereocenters. The molecule has 116 valence electrons. The molecule has 1 aromatic carbocycles. The quantitative estimate of drug-likeness (QED) is 0.850. The van der Waals surface area contributed by atoms with Gasteiger partial charge in [0, 0.05) is 30.5 Å². The molecule has 7 heteroatoms. The number of hydrogen-bond acceptors (Lipinski definition) is 4. The molecule has 2 N–H and O–H groups in total. The van der Waals surface area contributed by atoms with Gasteiger partial charge < -0.3 is 15.2 Å². The Morgan fingerprint density at radius 1 is 1.50 bits per heavy atom. The second-order valence-corrected chi connectivity index (χ2v) is 6.46. The first-order chi connectivity index (χ1) is 10.4. The number of amides is 1. The summed E-state index contributed by atoms with van der Waals surface area (Å²) >= 11 is 3.57. The summed E-state index contributed by atoms with van der Waals surface area (Å²) in [5, 5.41) is 3.52.